The predicted molar refractivity (Wildman–Crippen MR) is 139 cm³/mol. The van der Waals surface area contributed by atoms with Crippen molar-refractivity contribution in [2.75, 3.05) is 0 Å². The van der Waals surface area contributed by atoms with Gasteiger partial charge in [-0.3, -0.25) is 4.99 Å². The van der Waals surface area contributed by atoms with Gasteiger partial charge in [0.1, 0.15) is 5.82 Å². The predicted octanol–water partition coefficient (Wildman–Crippen LogP) is 9.62. The molecule has 0 aliphatic heterocycles. The summed E-state index contributed by atoms with van der Waals surface area (Å²) in [4.78, 5) is 4.68. The SMILES string of the molecule is CCCC(CCC)c1cc2c(F)cc(-c3cc(C)c(N=C(C)C)c(C)c3)cc2cc1CC. The van der Waals surface area contributed by atoms with Gasteiger partial charge in [0, 0.05) is 11.1 Å². The van der Waals surface area contributed by atoms with E-state index in [4.69, 9.17) is 0 Å². The maximum absolute atomic E-state index is 15.4. The second-order valence-corrected chi connectivity index (χ2v) is 9.38. The van der Waals surface area contributed by atoms with Gasteiger partial charge in [-0.15, -0.1) is 0 Å². The Labute approximate surface area is 193 Å². The summed E-state index contributed by atoms with van der Waals surface area (Å²) in [6.45, 7) is 14.9. The average Bonchev–Trinajstić information content (AvgIpc) is 2.75. The van der Waals surface area contributed by atoms with Gasteiger partial charge in [-0.1, -0.05) is 39.7 Å². The van der Waals surface area contributed by atoms with Crippen molar-refractivity contribution in [2.45, 2.75) is 86.5 Å². The molecule has 0 amide bonds. The standard InChI is InChI=1S/C30H38FN/c1-8-11-23(12-9-2)27-18-28-26(15-22(27)10-3)16-25(17-29(28)31)24-13-20(6)30(21(7)14-24)32-19(4)5/h13-18,23H,8-12H2,1-7H3. The Morgan fingerprint density at radius 2 is 1.44 bits per heavy atom. The summed E-state index contributed by atoms with van der Waals surface area (Å²) in [5, 5.41) is 1.74. The Hall–Kier alpha value is -2.48. The summed E-state index contributed by atoms with van der Waals surface area (Å²) in [5.74, 6) is 0.388. The number of aliphatic imine (C=N–C) groups is 1. The quantitative estimate of drug-likeness (QED) is 0.315. The third-order valence-corrected chi connectivity index (χ3v) is 6.42. The van der Waals surface area contributed by atoms with Gasteiger partial charge >= 0.3 is 0 Å². The highest BCUT2D eigenvalue weighted by molar-refractivity contribution is 5.90. The van der Waals surface area contributed by atoms with Crippen LogP contribution in [-0.2, 0) is 6.42 Å². The van der Waals surface area contributed by atoms with Gasteiger partial charge in [-0.25, -0.2) is 4.39 Å². The molecule has 3 aromatic carbocycles. The fourth-order valence-corrected chi connectivity index (χ4v) is 4.96. The van der Waals surface area contributed by atoms with Crippen molar-refractivity contribution in [3.05, 3.63) is 64.5 Å². The number of halogens is 1. The number of aryl methyl sites for hydroxylation is 3. The summed E-state index contributed by atoms with van der Waals surface area (Å²) in [6, 6.07) is 12.5. The van der Waals surface area contributed by atoms with E-state index in [-0.39, 0.29) is 5.82 Å². The lowest BCUT2D eigenvalue weighted by molar-refractivity contribution is 0.557. The molecule has 32 heavy (non-hydrogen) atoms. The van der Waals surface area contributed by atoms with Gasteiger partial charge in [0.25, 0.3) is 0 Å². The van der Waals surface area contributed by atoms with E-state index in [1.165, 1.54) is 11.1 Å². The molecule has 0 saturated heterocycles. The summed E-state index contributed by atoms with van der Waals surface area (Å²) >= 11 is 0. The van der Waals surface area contributed by atoms with Crippen molar-refractivity contribution in [1.29, 1.82) is 0 Å². The van der Waals surface area contributed by atoms with Gasteiger partial charge in [-0.05, 0) is 122 Å². The van der Waals surface area contributed by atoms with E-state index in [9.17, 15) is 0 Å². The first-order chi connectivity index (χ1) is 15.3. The van der Waals surface area contributed by atoms with Crippen LogP contribution in [0.5, 0.6) is 0 Å². The third kappa shape index (κ3) is 5.11. The van der Waals surface area contributed by atoms with Gasteiger partial charge in [0.05, 0.1) is 5.69 Å². The maximum atomic E-state index is 15.4. The number of rotatable bonds is 8. The van der Waals surface area contributed by atoms with E-state index in [0.29, 0.717) is 5.92 Å². The van der Waals surface area contributed by atoms with Crippen LogP contribution in [0.4, 0.5) is 10.1 Å². The molecule has 0 saturated carbocycles. The van der Waals surface area contributed by atoms with Crippen molar-refractivity contribution in [3.63, 3.8) is 0 Å². The van der Waals surface area contributed by atoms with Crippen LogP contribution in [0.15, 0.2) is 41.4 Å². The fourth-order valence-electron chi connectivity index (χ4n) is 4.96. The lowest BCUT2D eigenvalue weighted by Crippen LogP contribution is -2.03. The molecule has 0 atom stereocenters. The van der Waals surface area contributed by atoms with E-state index in [1.54, 1.807) is 6.07 Å². The highest BCUT2D eigenvalue weighted by Crippen LogP contribution is 2.37. The first-order valence-corrected chi connectivity index (χ1v) is 12.2. The van der Waals surface area contributed by atoms with Crippen LogP contribution in [0, 0.1) is 19.7 Å². The van der Waals surface area contributed by atoms with E-state index in [2.05, 4.69) is 69.9 Å². The minimum atomic E-state index is -0.130. The number of hydrogen-bond donors (Lipinski definition) is 0. The molecule has 0 aliphatic rings. The first kappa shape index (κ1) is 24.2. The molecule has 1 nitrogen and oxygen atoms in total. The van der Waals surface area contributed by atoms with Crippen molar-refractivity contribution >= 4 is 22.2 Å². The van der Waals surface area contributed by atoms with Crippen LogP contribution in [0.2, 0.25) is 0 Å². The lowest BCUT2D eigenvalue weighted by atomic mass is 9.84. The molecule has 3 rings (SSSR count). The van der Waals surface area contributed by atoms with Crippen LogP contribution in [0.25, 0.3) is 21.9 Å². The van der Waals surface area contributed by atoms with Crippen LogP contribution in [0.1, 0.15) is 88.5 Å². The normalized spacial score (nSPS) is 11.4. The van der Waals surface area contributed by atoms with Gasteiger partial charge in [0.15, 0.2) is 0 Å². The molecule has 170 valence electrons. The van der Waals surface area contributed by atoms with Crippen molar-refractivity contribution in [1.82, 2.24) is 0 Å². The van der Waals surface area contributed by atoms with E-state index < -0.39 is 0 Å². The number of nitrogens with zero attached hydrogens (tertiary/aromatic N) is 1. The molecule has 0 aromatic heterocycles. The molecular weight excluding hydrogens is 393 g/mol. The number of hydrogen-bond acceptors (Lipinski definition) is 1. The summed E-state index contributed by atoms with van der Waals surface area (Å²) < 4.78 is 15.4. The topological polar surface area (TPSA) is 12.4 Å². The maximum Gasteiger partial charge on any atom is 0.131 e. The molecule has 0 bridgehead atoms. The molecule has 0 unspecified atom stereocenters. The van der Waals surface area contributed by atoms with Crippen molar-refractivity contribution < 1.29 is 4.39 Å². The minimum Gasteiger partial charge on any atom is -0.258 e. The zero-order chi connectivity index (χ0) is 23.4. The summed E-state index contributed by atoms with van der Waals surface area (Å²) in [6.07, 6.45) is 5.61. The Bertz CT molecular complexity index is 1110. The Morgan fingerprint density at radius 3 is 1.97 bits per heavy atom. The molecule has 0 radical (unpaired) electrons. The zero-order valence-electron chi connectivity index (χ0n) is 20.9. The Morgan fingerprint density at radius 1 is 0.844 bits per heavy atom. The fraction of sp³-hybridized carbons (Fsp3) is 0.433. The summed E-state index contributed by atoms with van der Waals surface area (Å²) in [7, 11) is 0. The number of fused-ring (bicyclic) bond motifs is 1. The van der Waals surface area contributed by atoms with Crippen LogP contribution < -0.4 is 0 Å². The molecule has 2 heteroatoms. The highest BCUT2D eigenvalue weighted by atomic mass is 19.1. The minimum absolute atomic E-state index is 0.130. The van der Waals surface area contributed by atoms with Crippen molar-refractivity contribution in [2.24, 2.45) is 4.99 Å². The molecule has 0 N–H and O–H groups in total. The van der Waals surface area contributed by atoms with Gasteiger partial charge in [0.2, 0.25) is 0 Å². The monoisotopic (exact) mass is 431 g/mol. The Kier molecular flexibility index (Phi) is 7.87. The largest absolute Gasteiger partial charge is 0.258 e. The third-order valence-electron chi connectivity index (χ3n) is 6.42. The Balaban J connectivity index is 2.15. The van der Waals surface area contributed by atoms with Crippen LogP contribution in [-0.4, -0.2) is 5.71 Å². The number of benzene rings is 3. The van der Waals surface area contributed by atoms with Crippen molar-refractivity contribution in [3.8, 4) is 11.1 Å². The second-order valence-electron chi connectivity index (χ2n) is 9.38. The lowest BCUT2D eigenvalue weighted by Gasteiger charge is -2.21. The molecule has 0 fully saturated rings. The molecular formula is C30H38FN. The molecule has 0 spiro atoms. The first-order valence-electron chi connectivity index (χ1n) is 12.2. The average molecular weight is 432 g/mol. The van der Waals surface area contributed by atoms with E-state index in [1.807, 2.05) is 13.8 Å². The second kappa shape index (κ2) is 10.4. The van der Waals surface area contributed by atoms with Gasteiger partial charge < -0.3 is 0 Å². The van der Waals surface area contributed by atoms with Gasteiger partial charge in [-0.2, -0.15) is 0 Å². The van der Waals surface area contributed by atoms with E-state index >= 15 is 4.39 Å². The zero-order valence-corrected chi connectivity index (χ0v) is 20.9. The van der Waals surface area contributed by atoms with E-state index in [0.717, 1.165) is 76.5 Å². The van der Waals surface area contributed by atoms with Crippen LogP contribution >= 0.6 is 0 Å². The molecule has 0 aliphatic carbocycles. The smallest absolute Gasteiger partial charge is 0.131 e. The molecule has 3 aromatic rings. The summed E-state index contributed by atoms with van der Waals surface area (Å²) in [5.41, 5.74) is 8.97. The molecule has 0 heterocycles. The van der Waals surface area contributed by atoms with Crippen LogP contribution in [0.3, 0.4) is 0 Å². The highest BCUT2D eigenvalue weighted by Gasteiger charge is 2.17.